The first-order valence-electron chi connectivity index (χ1n) is 10.9. The average molecular weight is 422 g/mol. The fourth-order valence-electron chi connectivity index (χ4n) is 4.45. The Hall–Kier alpha value is -3.20. The van der Waals surface area contributed by atoms with Gasteiger partial charge in [0.05, 0.1) is 25.0 Å². The summed E-state index contributed by atoms with van der Waals surface area (Å²) >= 11 is 0. The number of para-hydroxylation sites is 1. The van der Waals surface area contributed by atoms with Crippen molar-refractivity contribution in [2.75, 3.05) is 31.1 Å². The molecule has 3 aromatic rings. The molecule has 1 aromatic carbocycles. The number of aryl methyl sites for hydroxylation is 1. The molecule has 5 rings (SSSR count). The average Bonchev–Trinajstić information content (AvgIpc) is 3.05. The molecule has 2 aliphatic rings. The van der Waals surface area contributed by atoms with Gasteiger partial charge in [-0.1, -0.05) is 12.1 Å². The van der Waals surface area contributed by atoms with Crippen molar-refractivity contribution in [3.63, 3.8) is 0 Å². The molecule has 162 valence electrons. The summed E-state index contributed by atoms with van der Waals surface area (Å²) in [7, 11) is 0. The molecule has 9 nitrogen and oxygen atoms in total. The summed E-state index contributed by atoms with van der Waals surface area (Å²) in [4.78, 5) is 25.0. The summed E-state index contributed by atoms with van der Waals surface area (Å²) in [6.45, 7) is 5.67. The molecule has 4 heterocycles. The summed E-state index contributed by atoms with van der Waals surface area (Å²) in [5.41, 5.74) is 8.91. The number of rotatable bonds is 4. The van der Waals surface area contributed by atoms with Crippen LogP contribution in [0, 0.1) is 0 Å². The van der Waals surface area contributed by atoms with Gasteiger partial charge < -0.3 is 19.9 Å². The largest absolute Gasteiger partial charge is 0.491 e. The van der Waals surface area contributed by atoms with Crippen LogP contribution < -0.4 is 20.9 Å². The summed E-state index contributed by atoms with van der Waals surface area (Å²) in [6.07, 6.45) is 3.72. The smallest absolute Gasteiger partial charge is 0.293 e. The molecule has 0 radical (unpaired) electrons. The second-order valence-electron chi connectivity index (χ2n) is 8.02. The van der Waals surface area contributed by atoms with Gasteiger partial charge in [-0.05, 0) is 31.9 Å². The van der Waals surface area contributed by atoms with Crippen LogP contribution in [0.25, 0.3) is 11.0 Å². The molecule has 1 saturated heterocycles. The number of hydrogen-bond acceptors (Lipinski definition) is 7. The molecule has 0 spiro atoms. The van der Waals surface area contributed by atoms with E-state index in [0.29, 0.717) is 30.7 Å². The highest BCUT2D eigenvalue weighted by atomic mass is 16.5. The van der Waals surface area contributed by atoms with Crippen LogP contribution in [0.2, 0.25) is 0 Å². The second kappa shape index (κ2) is 8.14. The van der Waals surface area contributed by atoms with Crippen LogP contribution in [0.15, 0.2) is 40.2 Å². The van der Waals surface area contributed by atoms with Gasteiger partial charge in [0, 0.05) is 31.2 Å². The number of ether oxygens (including phenoxy) is 1. The van der Waals surface area contributed by atoms with Crippen LogP contribution in [0.4, 0.5) is 5.95 Å². The third-order valence-electron chi connectivity index (χ3n) is 5.94. The number of nitrogens with zero attached hydrogens (tertiary/aromatic N) is 6. The third kappa shape index (κ3) is 3.59. The van der Waals surface area contributed by atoms with E-state index in [-0.39, 0.29) is 18.1 Å². The summed E-state index contributed by atoms with van der Waals surface area (Å²) in [5, 5.41) is 4.42. The SMILES string of the molecule is CCn1c(N2CCCC(N)C2)nc2cnn(CC3=NCCOc4ccccc43)c(=O)c21. The number of aromatic nitrogens is 4. The van der Waals surface area contributed by atoms with Crippen molar-refractivity contribution in [3.8, 4) is 5.75 Å². The van der Waals surface area contributed by atoms with Crippen molar-refractivity contribution in [2.24, 2.45) is 10.7 Å². The van der Waals surface area contributed by atoms with Gasteiger partial charge in [0.25, 0.3) is 5.56 Å². The van der Waals surface area contributed by atoms with Crippen LogP contribution in [0.3, 0.4) is 0 Å². The number of nitrogens with two attached hydrogens (primary N) is 1. The molecule has 0 amide bonds. The lowest BCUT2D eigenvalue weighted by Gasteiger charge is -2.31. The van der Waals surface area contributed by atoms with E-state index in [0.717, 1.165) is 48.9 Å². The fourth-order valence-corrected chi connectivity index (χ4v) is 4.45. The topological polar surface area (TPSA) is 104 Å². The van der Waals surface area contributed by atoms with Gasteiger partial charge in [-0.15, -0.1) is 0 Å². The molecule has 0 saturated carbocycles. The molecule has 2 N–H and O–H groups in total. The maximum Gasteiger partial charge on any atom is 0.293 e. The Morgan fingerprint density at radius 1 is 1.29 bits per heavy atom. The van der Waals surface area contributed by atoms with E-state index in [1.807, 2.05) is 35.8 Å². The number of imidazole rings is 1. The first-order valence-corrected chi connectivity index (χ1v) is 10.9. The van der Waals surface area contributed by atoms with E-state index in [1.165, 1.54) is 4.68 Å². The predicted octanol–water partition coefficient (Wildman–Crippen LogP) is 1.42. The van der Waals surface area contributed by atoms with Gasteiger partial charge in [-0.3, -0.25) is 9.79 Å². The summed E-state index contributed by atoms with van der Waals surface area (Å²) in [5.74, 6) is 1.59. The van der Waals surface area contributed by atoms with Crippen LogP contribution >= 0.6 is 0 Å². The Morgan fingerprint density at radius 3 is 3.00 bits per heavy atom. The van der Waals surface area contributed by atoms with Crippen LogP contribution in [0.5, 0.6) is 5.75 Å². The Bertz CT molecular complexity index is 1200. The zero-order chi connectivity index (χ0) is 21.4. The van der Waals surface area contributed by atoms with Gasteiger partial charge in [0.2, 0.25) is 5.95 Å². The van der Waals surface area contributed by atoms with Gasteiger partial charge in [-0.25, -0.2) is 9.67 Å². The number of aliphatic imine (C=N–C) groups is 1. The second-order valence-corrected chi connectivity index (χ2v) is 8.02. The van der Waals surface area contributed by atoms with E-state index in [1.54, 1.807) is 6.20 Å². The van der Waals surface area contributed by atoms with Gasteiger partial charge in [0.15, 0.2) is 0 Å². The minimum atomic E-state index is -0.162. The first-order chi connectivity index (χ1) is 15.2. The zero-order valence-electron chi connectivity index (χ0n) is 17.7. The van der Waals surface area contributed by atoms with Crippen molar-refractivity contribution < 1.29 is 4.74 Å². The highest BCUT2D eigenvalue weighted by molar-refractivity contribution is 6.03. The summed E-state index contributed by atoms with van der Waals surface area (Å²) in [6, 6.07) is 7.91. The standard InChI is InChI=1S/C22H27N7O2/c1-2-28-20-17(26-22(28)27-10-5-6-15(23)13-27)12-25-29(21(20)30)14-18-16-7-3-4-8-19(16)31-11-9-24-18/h3-4,7-8,12,15H,2,5-6,9-11,13-14,23H2,1H3. The number of hydrogen-bond donors (Lipinski definition) is 1. The molecule has 1 unspecified atom stereocenters. The van der Waals surface area contributed by atoms with Crippen molar-refractivity contribution >= 4 is 22.7 Å². The predicted molar refractivity (Wildman–Crippen MR) is 120 cm³/mol. The lowest BCUT2D eigenvalue weighted by molar-refractivity contribution is 0.331. The normalized spacial score (nSPS) is 19.0. The van der Waals surface area contributed by atoms with Crippen molar-refractivity contribution in [1.29, 1.82) is 0 Å². The van der Waals surface area contributed by atoms with E-state index in [4.69, 9.17) is 15.5 Å². The molecule has 1 fully saturated rings. The lowest BCUT2D eigenvalue weighted by Crippen LogP contribution is -2.44. The van der Waals surface area contributed by atoms with Crippen LogP contribution in [-0.4, -0.2) is 57.3 Å². The number of fused-ring (bicyclic) bond motifs is 2. The molecule has 31 heavy (non-hydrogen) atoms. The number of benzene rings is 1. The molecular weight excluding hydrogens is 394 g/mol. The number of anilines is 1. The van der Waals surface area contributed by atoms with Crippen molar-refractivity contribution in [1.82, 2.24) is 19.3 Å². The molecular formula is C22H27N7O2. The summed E-state index contributed by atoms with van der Waals surface area (Å²) < 4.78 is 9.24. The van der Waals surface area contributed by atoms with Gasteiger partial charge >= 0.3 is 0 Å². The van der Waals surface area contributed by atoms with E-state index in [2.05, 4.69) is 15.0 Å². The van der Waals surface area contributed by atoms with E-state index >= 15 is 0 Å². The quantitative estimate of drug-likeness (QED) is 0.683. The van der Waals surface area contributed by atoms with Crippen LogP contribution in [0.1, 0.15) is 25.3 Å². The van der Waals surface area contributed by atoms with Crippen molar-refractivity contribution in [3.05, 3.63) is 46.4 Å². The minimum absolute atomic E-state index is 0.129. The Morgan fingerprint density at radius 2 is 2.16 bits per heavy atom. The Balaban J connectivity index is 1.55. The third-order valence-corrected chi connectivity index (χ3v) is 5.94. The van der Waals surface area contributed by atoms with Crippen LogP contribution in [-0.2, 0) is 13.1 Å². The Labute approximate surface area is 180 Å². The molecule has 1 atom stereocenters. The maximum absolute atomic E-state index is 13.5. The molecule has 2 aromatic heterocycles. The first kappa shape index (κ1) is 19.7. The highest BCUT2D eigenvalue weighted by Gasteiger charge is 2.24. The van der Waals surface area contributed by atoms with E-state index < -0.39 is 0 Å². The van der Waals surface area contributed by atoms with Crippen molar-refractivity contribution in [2.45, 2.75) is 38.9 Å². The highest BCUT2D eigenvalue weighted by Crippen LogP contribution is 2.24. The Kier molecular flexibility index (Phi) is 5.19. The fraction of sp³-hybridized carbons (Fsp3) is 0.455. The monoisotopic (exact) mass is 421 g/mol. The van der Waals surface area contributed by atoms with E-state index in [9.17, 15) is 4.79 Å². The minimum Gasteiger partial charge on any atom is -0.491 e. The molecule has 9 heteroatoms. The zero-order valence-corrected chi connectivity index (χ0v) is 17.7. The van der Waals surface area contributed by atoms with Gasteiger partial charge in [-0.2, -0.15) is 5.10 Å². The molecule has 0 bridgehead atoms. The molecule has 0 aliphatic carbocycles. The molecule has 2 aliphatic heterocycles. The lowest BCUT2D eigenvalue weighted by atomic mass is 10.1. The van der Waals surface area contributed by atoms with Gasteiger partial charge in [0.1, 0.15) is 23.4 Å². The number of piperidine rings is 1. The maximum atomic E-state index is 13.5.